The number of hydrogen-bond acceptors (Lipinski definition) is 5. The Morgan fingerprint density at radius 1 is 1.10 bits per heavy atom. The molecule has 156 valence electrons. The fraction of sp³-hybridized carbons (Fsp3) is 0.292. The zero-order valence-corrected chi connectivity index (χ0v) is 17.9. The SMILES string of the molecule is C=CCN(Cc1nc(-c2ccc(-c3ccccc3)cc2)oc1C)C1CCS(=O)(=O)C1. The van der Waals surface area contributed by atoms with E-state index in [0.717, 1.165) is 22.6 Å². The van der Waals surface area contributed by atoms with Crippen LogP contribution in [0.15, 0.2) is 71.7 Å². The van der Waals surface area contributed by atoms with Gasteiger partial charge in [0.2, 0.25) is 5.89 Å². The van der Waals surface area contributed by atoms with Crippen LogP contribution < -0.4 is 0 Å². The Kier molecular flexibility index (Phi) is 5.88. The van der Waals surface area contributed by atoms with Crippen LogP contribution in [-0.4, -0.2) is 42.4 Å². The highest BCUT2D eigenvalue weighted by Gasteiger charge is 2.32. The summed E-state index contributed by atoms with van der Waals surface area (Å²) in [6, 6.07) is 18.4. The molecule has 1 aliphatic heterocycles. The van der Waals surface area contributed by atoms with E-state index in [1.165, 1.54) is 5.56 Å². The van der Waals surface area contributed by atoms with Crippen LogP contribution in [0.1, 0.15) is 17.9 Å². The maximum atomic E-state index is 11.9. The Morgan fingerprint density at radius 3 is 2.40 bits per heavy atom. The van der Waals surface area contributed by atoms with Gasteiger partial charge < -0.3 is 4.42 Å². The Morgan fingerprint density at radius 2 is 1.77 bits per heavy atom. The highest BCUT2D eigenvalue weighted by Crippen LogP contribution is 2.27. The molecule has 0 saturated carbocycles. The molecule has 6 heteroatoms. The maximum Gasteiger partial charge on any atom is 0.226 e. The van der Waals surface area contributed by atoms with Crippen molar-refractivity contribution in [3.05, 3.63) is 78.7 Å². The predicted octanol–water partition coefficient (Wildman–Crippen LogP) is 4.49. The molecule has 30 heavy (non-hydrogen) atoms. The van der Waals surface area contributed by atoms with E-state index < -0.39 is 9.84 Å². The fourth-order valence-corrected chi connectivity index (χ4v) is 5.66. The topological polar surface area (TPSA) is 63.4 Å². The summed E-state index contributed by atoms with van der Waals surface area (Å²) in [6.07, 6.45) is 2.46. The lowest BCUT2D eigenvalue weighted by Crippen LogP contribution is -2.36. The largest absolute Gasteiger partial charge is 0.441 e. The van der Waals surface area contributed by atoms with Gasteiger partial charge in [0.05, 0.1) is 17.2 Å². The van der Waals surface area contributed by atoms with Gasteiger partial charge in [-0.25, -0.2) is 13.4 Å². The Balaban J connectivity index is 1.53. The molecule has 3 aromatic rings. The fourth-order valence-electron chi connectivity index (χ4n) is 3.90. The molecule has 2 aromatic carbocycles. The molecule has 1 fully saturated rings. The van der Waals surface area contributed by atoms with E-state index in [1.807, 2.05) is 43.3 Å². The highest BCUT2D eigenvalue weighted by molar-refractivity contribution is 7.91. The van der Waals surface area contributed by atoms with E-state index in [0.29, 0.717) is 25.4 Å². The van der Waals surface area contributed by atoms with Crippen molar-refractivity contribution in [2.75, 3.05) is 18.1 Å². The summed E-state index contributed by atoms with van der Waals surface area (Å²) in [5.41, 5.74) is 4.06. The highest BCUT2D eigenvalue weighted by atomic mass is 32.2. The molecule has 1 saturated heterocycles. The number of rotatable bonds is 7. The smallest absolute Gasteiger partial charge is 0.226 e. The average Bonchev–Trinajstić information content (AvgIpc) is 3.30. The van der Waals surface area contributed by atoms with Crippen molar-refractivity contribution >= 4 is 9.84 Å². The van der Waals surface area contributed by atoms with Crippen molar-refractivity contribution < 1.29 is 12.8 Å². The quantitative estimate of drug-likeness (QED) is 0.525. The summed E-state index contributed by atoms with van der Waals surface area (Å²) in [7, 11) is -2.95. The van der Waals surface area contributed by atoms with Crippen molar-refractivity contribution in [1.29, 1.82) is 0 Å². The Bertz CT molecular complexity index is 1120. The summed E-state index contributed by atoms with van der Waals surface area (Å²) in [5.74, 6) is 1.79. The number of aromatic nitrogens is 1. The first-order valence-corrected chi connectivity index (χ1v) is 11.9. The van der Waals surface area contributed by atoms with Gasteiger partial charge in [-0.2, -0.15) is 0 Å². The third-order valence-corrected chi connectivity index (χ3v) is 7.32. The van der Waals surface area contributed by atoms with Crippen LogP contribution in [0.3, 0.4) is 0 Å². The molecule has 1 unspecified atom stereocenters. The maximum absolute atomic E-state index is 11.9. The Labute approximate surface area is 178 Å². The first-order chi connectivity index (χ1) is 14.4. The standard InChI is InChI=1S/C24H26N2O3S/c1-3-14-26(22-13-15-30(27,28)17-22)16-23-18(2)29-24(25-23)21-11-9-20(10-12-21)19-7-5-4-6-8-19/h3-12,22H,1,13-17H2,2H3. The molecule has 0 spiro atoms. The molecular weight excluding hydrogens is 396 g/mol. The van der Waals surface area contributed by atoms with E-state index >= 15 is 0 Å². The van der Waals surface area contributed by atoms with Crippen LogP contribution in [0.4, 0.5) is 0 Å². The zero-order chi connectivity index (χ0) is 21.1. The van der Waals surface area contributed by atoms with Gasteiger partial charge in [0, 0.05) is 24.7 Å². The van der Waals surface area contributed by atoms with E-state index in [2.05, 4.69) is 35.7 Å². The van der Waals surface area contributed by atoms with Crippen LogP contribution in [0.25, 0.3) is 22.6 Å². The minimum atomic E-state index is -2.95. The van der Waals surface area contributed by atoms with Gasteiger partial charge in [-0.1, -0.05) is 48.5 Å². The minimum absolute atomic E-state index is 0.00212. The molecular formula is C24H26N2O3S. The number of aryl methyl sites for hydroxylation is 1. The molecule has 0 aliphatic carbocycles. The second kappa shape index (κ2) is 8.58. The molecule has 2 heterocycles. The van der Waals surface area contributed by atoms with E-state index in [9.17, 15) is 8.42 Å². The van der Waals surface area contributed by atoms with Crippen LogP contribution in [0, 0.1) is 6.92 Å². The summed E-state index contributed by atoms with van der Waals surface area (Å²) in [6.45, 7) is 6.89. The molecule has 0 bridgehead atoms. The van der Waals surface area contributed by atoms with Gasteiger partial charge in [0.1, 0.15) is 5.76 Å². The van der Waals surface area contributed by atoms with Crippen LogP contribution in [0.2, 0.25) is 0 Å². The first kappa shape index (κ1) is 20.6. The van der Waals surface area contributed by atoms with E-state index in [-0.39, 0.29) is 17.5 Å². The summed E-state index contributed by atoms with van der Waals surface area (Å²) >= 11 is 0. The van der Waals surface area contributed by atoms with Crippen molar-refractivity contribution in [3.63, 3.8) is 0 Å². The van der Waals surface area contributed by atoms with Crippen molar-refractivity contribution in [3.8, 4) is 22.6 Å². The molecule has 1 aromatic heterocycles. The number of oxazole rings is 1. The third kappa shape index (κ3) is 4.55. The second-order valence-corrected chi connectivity index (χ2v) is 9.97. The lowest BCUT2D eigenvalue weighted by Gasteiger charge is -2.25. The summed E-state index contributed by atoms with van der Waals surface area (Å²) < 4.78 is 29.8. The molecule has 0 amide bonds. The molecule has 1 atom stereocenters. The van der Waals surface area contributed by atoms with Gasteiger partial charge >= 0.3 is 0 Å². The van der Waals surface area contributed by atoms with Crippen LogP contribution in [-0.2, 0) is 16.4 Å². The Hall–Kier alpha value is -2.70. The second-order valence-electron chi connectivity index (χ2n) is 7.74. The number of sulfone groups is 1. The lowest BCUT2D eigenvalue weighted by atomic mass is 10.0. The molecule has 1 aliphatic rings. The van der Waals surface area contributed by atoms with Crippen LogP contribution in [0.5, 0.6) is 0 Å². The predicted molar refractivity (Wildman–Crippen MR) is 120 cm³/mol. The van der Waals surface area contributed by atoms with Gasteiger partial charge in [-0.3, -0.25) is 4.90 Å². The van der Waals surface area contributed by atoms with Crippen LogP contribution >= 0.6 is 0 Å². The molecule has 0 radical (unpaired) electrons. The lowest BCUT2D eigenvalue weighted by molar-refractivity contribution is 0.223. The zero-order valence-electron chi connectivity index (χ0n) is 17.1. The number of benzene rings is 2. The molecule has 5 nitrogen and oxygen atoms in total. The average molecular weight is 423 g/mol. The van der Waals surface area contributed by atoms with Crippen molar-refractivity contribution in [2.24, 2.45) is 0 Å². The number of nitrogens with zero attached hydrogens (tertiary/aromatic N) is 2. The summed E-state index contributed by atoms with van der Waals surface area (Å²) in [4.78, 5) is 6.85. The molecule has 4 rings (SSSR count). The van der Waals surface area contributed by atoms with Gasteiger partial charge in [-0.15, -0.1) is 6.58 Å². The van der Waals surface area contributed by atoms with Gasteiger partial charge in [0.25, 0.3) is 0 Å². The van der Waals surface area contributed by atoms with E-state index in [4.69, 9.17) is 9.40 Å². The molecule has 0 N–H and O–H groups in total. The normalized spacial score (nSPS) is 18.0. The van der Waals surface area contributed by atoms with Crippen molar-refractivity contribution in [1.82, 2.24) is 9.88 Å². The first-order valence-electron chi connectivity index (χ1n) is 10.1. The number of hydrogen-bond donors (Lipinski definition) is 0. The minimum Gasteiger partial charge on any atom is -0.441 e. The monoisotopic (exact) mass is 422 g/mol. The van der Waals surface area contributed by atoms with Gasteiger partial charge in [-0.05, 0) is 36.6 Å². The van der Waals surface area contributed by atoms with E-state index in [1.54, 1.807) is 0 Å². The van der Waals surface area contributed by atoms with Crippen molar-refractivity contribution in [2.45, 2.75) is 25.9 Å². The summed E-state index contributed by atoms with van der Waals surface area (Å²) in [5, 5.41) is 0. The van der Waals surface area contributed by atoms with Gasteiger partial charge in [0.15, 0.2) is 9.84 Å². The third-order valence-electron chi connectivity index (χ3n) is 5.57.